The minimum atomic E-state index is 0.697. The number of aromatic nitrogens is 2. The van der Waals surface area contributed by atoms with E-state index in [4.69, 9.17) is 10.5 Å². The lowest BCUT2D eigenvalue weighted by Crippen LogP contribution is -2.03. The maximum Gasteiger partial charge on any atom is 0.138 e. The zero-order chi connectivity index (χ0) is 14.5. The Labute approximate surface area is 124 Å². The van der Waals surface area contributed by atoms with Gasteiger partial charge in [0.1, 0.15) is 11.6 Å². The van der Waals surface area contributed by atoms with Crippen molar-refractivity contribution in [1.29, 1.82) is 0 Å². The maximum absolute atomic E-state index is 5.73. The van der Waals surface area contributed by atoms with Crippen LogP contribution < -0.4 is 10.5 Å². The number of aromatic amines is 1. The quantitative estimate of drug-likeness (QED) is 0.681. The Kier molecular flexibility index (Phi) is 4.17. The van der Waals surface area contributed by atoms with Gasteiger partial charge in [0.15, 0.2) is 0 Å². The first-order valence-electron chi connectivity index (χ1n) is 7.25. The van der Waals surface area contributed by atoms with Gasteiger partial charge in [0, 0.05) is 11.6 Å². The number of nitrogens with one attached hydrogen (secondary N) is 1. The van der Waals surface area contributed by atoms with Gasteiger partial charge in [-0.25, -0.2) is 4.98 Å². The molecule has 3 rings (SSSR count). The van der Waals surface area contributed by atoms with Crippen LogP contribution in [0.25, 0.3) is 22.4 Å². The number of nitrogens with two attached hydrogens (primary N) is 1. The number of imidazole rings is 1. The Bertz CT molecular complexity index is 706. The average molecular weight is 281 g/mol. The van der Waals surface area contributed by atoms with Crippen LogP contribution in [0.5, 0.6) is 5.75 Å². The highest BCUT2D eigenvalue weighted by Gasteiger charge is 2.06. The van der Waals surface area contributed by atoms with Gasteiger partial charge in [-0.1, -0.05) is 30.3 Å². The van der Waals surface area contributed by atoms with E-state index >= 15 is 0 Å². The lowest BCUT2D eigenvalue weighted by atomic mass is 10.2. The van der Waals surface area contributed by atoms with E-state index in [2.05, 4.69) is 9.97 Å². The van der Waals surface area contributed by atoms with Crippen molar-refractivity contribution in [1.82, 2.24) is 9.97 Å². The number of unbranched alkanes of at least 4 members (excludes halogenated alkanes) is 1. The molecule has 108 valence electrons. The summed E-state index contributed by atoms with van der Waals surface area (Å²) in [6.45, 7) is 1.41. The highest BCUT2D eigenvalue weighted by atomic mass is 16.5. The van der Waals surface area contributed by atoms with Crippen molar-refractivity contribution in [2.24, 2.45) is 5.73 Å². The molecule has 0 aliphatic carbocycles. The van der Waals surface area contributed by atoms with Crippen molar-refractivity contribution >= 4 is 11.0 Å². The van der Waals surface area contributed by atoms with Gasteiger partial charge >= 0.3 is 0 Å². The second-order valence-corrected chi connectivity index (χ2v) is 4.97. The zero-order valence-corrected chi connectivity index (χ0v) is 11.9. The minimum absolute atomic E-state index is 0.697. The summed E-state index contributed by atoms with van der Waals surface area (Å²) in [5.74, 6) is 1.74. The van der Waals surface area contributed by atoms with E-state index in [9.17, 15) is 0 Å². The molecule has 0 radical (unpaired) electrons. The van der Waals surface area contributed by atoms with E-state index in [-0.39, 0.29) is 0 Å². The van der Waals surface area contributed by atoms with Gasteiger partial charge in [-0.3, -0.25) is 0 Å². The van der Waals surface area contributed by atoms with E-state index in [1.165, 1.54) is 0 Å². The van der Waals surface area contributed by atoms with Crippen LogP contribution >= 0.6 is 0 Å². The topological polar surface area (TPSA) is 63.9 Å². The Hall–Kier alpha value is -2.33. The van der Waals surface area contributed by atoms with Crippen molar-refractivity contribution in [2.75, 3.05) is 13.2 Å². The van der Waals surface area contributed by atoms with E-state index in [0.29, 0.717) is 13.2 Å². The Morgan fingerprint density at radius 3 is 2.71 bits per heavy atom. The number of H-pyrrole nitrogens is 1. The lowest BCUT2D eigenvalue weighted by molar-refractivity contribution is 0.308. The molecule has 0 saturated carbocycles. The van der Waals surface area contributed by atoms with E-state index < -0.39 is 0 Å². The summed E-state index contributed by atoms with van der Waals surface area (Å²) < 4.78 is 5.73. The number of hydrogen-bond acceptors (Lipinski definition) is 3. The van der Waals surface area contributed by atoms with Gasteiger partial charge in [-0.05, 0) is 31.5 Å². The predicted octanol–water partition coefficient (Wildman–Crippen LogP) is 3.35. The normalized spacial score (nSPS) is 10.9. The number of rotatable bonds is 6. The van der Waals surface area contributed by atoms with Crippen LogP contribution in [-0.4, -0.2) is 23.1 Å². The maximum atomic E-state index is 5.73. The van der Waals surface area contributed by atoms with Gasteiger partial charge in [-0.2, -0.15) is 0 Å². The molecule has 0 atom stereocenters. The minimum Gasteiger partial charge on any atom is -0.494 e. The summed E-state index contributed by atoms with van der Waals surface area (Å²) >= 11 is 0. The highest BCUT2D eigenvalue weighted by molar-refractivity contribution is 5.80. The van der Waals surface area contributed by atoms with Crippen LogP contribution in [0.4, 0.5) is 0 Å². The molecular weight excluding hydrogens is 262 g/mol. The fourth-order valence-corrected chi connectivity index (χ4v) is 2.25. The summed E-state index contributed by atoms with van der Waals surface area (Å²) in [4.78, 5) is 7.95. The summed E-state index contributed by atoms with van der Waals surface area (Å²) in [7, 11) is 0. The molecular formula is C17H19N3O. The Morgan fingerprint density at radius 1 is 1.05 bits per heavy atom. The third-order valence-corrected chi connectivity index (χ3v) is 3.37. The Morgan fingerprint density at radius 2 is 1.90 bits per heavy atom. The van der Waals surface area contributed by atoms with Crippen LogP contribution in [0.3, 0.4) is 0 Å². The molecule has 0 unspecified atom stereocenters. The summed E-state index contributed by atoms with van der Waals surface area (Å²) in [6, 6.07) is 16.0. The molecule has 4 nitrogen and oxygen atoms in total. The number of ether oxygens (including phenoxy) is 1. The molecule has 1 heterocycles. The third-order valence-electron chi connectivity index (χ3n) is 3.37. The molecule has 1 aromatic heterocycles. The molecule has 2 aromatic carbocycles. The van der Waals surface area contributed by atoms with E-state index in [1.54, 1.807) is 0 Å². The van der Waals surface area contributed by atoms with Crippen LogP contribution in [0.15, 0.2) is 48.5 Å². The summed E-state index contributed by atoms with van der Waals surface area (Å²) in [6.07, 6.45) is 1.97. The molecule has 21 heavy (non-hydrogen) atoms. The molecule has 0 aliphatic heterocycles. The van der Waals surface area contributed by atoms with Crippen LogP contribution in [0.2, 0.25) is 0 Å². The number of fused-ring (bicyclic) bond motifs is 1. The fourth-order valence-electron chi connectivity index (χ4n) is 2.25. The molecule has 0 bridgehead atoms. The Balaban J connectivity index is 1.79. The van der Waals surface area contributed by atoms with Gasteiger partial charge in [0.2, 0.25) is 0 Å². The molecule has 0 spiro atoms. The SMILES string of the molecule is NCCCCOc1ccc2nc(-c3ccccc3)[nH]c2c1. The number of benzene rings is 2. The third kappa shape index (κ3) is 3.23. The molecule has 0 aliphatic rings. The van der Waals surface area contributed by atoms with Crippen molar-refractivity contribution < 1.29 is 4.74 Å². The van der Waals surface area contributed by atoms with Crippen molar-refractivity contribution in [3.63, 3.8) is 0 Å². The number of hydrogen-bond donors (Lipinski definition) is 2. The first-order valence-corrected chi connectivity index (χ1v) is 7.25. The zero-order valence-electron chi connectivity index (χ0n) is 11.9. The van der Waals surface area contributed by atoms with Gasteiger partial charge in [0.25, 0.3) is 0 Å². The average Bonchev–Trinajstić information content (AvgIpc) is 2.96. The van der Waals surface area contributed by atoms with E-state index in [1.807, 2.05) is 48.5 Å². The predicted molar refractivity (Wildman–Crippen MR) is 85.3 cm³/mol. The fraction of sp³-hybridized carbons (Fsp3) is 0.235. The van der Waals surface area contributed by atoms with Gasteiger partial charge in [-0.15, -0.1) is 0 Å². The highest BCUT2D eigenvalue weighted by Crippen LogP contribution is 2.23. The van der Waals surface area contributed by atoms with Crippen LogP contribution in [0, 0.1) is 0 Å². The lowest BCUT2D eigenvalue weighted by Gasteiger charge is -2.04. The molecule has 4 heteroatoms. The van der Waals surface area contributed by atoms with Gasteiger partial charge < -0.3 is 15.5 Å². The second kappa shape index (κ2) is 6.41. The largest absolute Gasteiger partial charge is 0.494 e. The molecule has 0 saturated heterocycles. The smallest absolute Gasteiger partial charge is 0.138 e. The van der Waals surface area contributed by atoms with Crippen LogP contribution in [-0.2, 0) is 0 Å². The first-order chi connectivity index (χ1) is 10.4. The van der Waals surface area contributed by atoms with Gasteiger partial charge in [0.05, 0.1) is 17.6 Å². The standard InChI is InChI=1S/C17H19N3O/c18-10-4-5-11-21-14-8-9-15-16(12-14)20-17(19-15)13-6-2-1-3-7-13/h1-3,6-9,12H,4-5,10-11,18H2,(H,19,20). The molecule has 0 fully saturated rings. The molecule has 0 amide bonds. The summed E-state index contributed by atoms with van der Waals surface area (Å²) in [5.41, 5.74) is 8.49. The van der Waals surface area contributed by atoms with Crippen molar-refractivity contribution in [3.8, 4) is 17.1 Å². The molecule has 3 N–H and O–H groups in total. The van der Waals surface area contributed by atoms with Crippen molar-refractivity contribution in [3.05, 3.63) is 48.5 Å². The van der Waals surface area contributed by atoms with Crippen molar-refractivity contribution in [2.45, 2.75) is 12.8 Å². The van der Waals surface area contributed by atoms with Crippen LogP contribution in [0.1, 0.15) is 12.8 Å². The monoisotopic (exact) mass is 281 g/mol. The first kappa shape index (κ1) is 13.6. The summed E-state index contributed by atoms with van der Waals surface area (Å²) in [5, 5.41) is 0. The second-order valence-electron chi connectivity index (χ2n) is 4.97. The van der Waals surface area contributed by atoms with E-state index in [0.717, 1.165) is 41.0 Å². The molecule has 3 aromatic rings. The number of nitrogens with zero attached hydrogens (tertiary/aromatic N) is 1.